The van der Waals surface area contributed by atoms with Crippen molar-refractivity contribution >= 4 is 17.5 Å². The van der Waals surface area contributed by atoms with Gasteiger partial charge in [-0.3, -0.25) is 14.5 Å². The number of aliphatic hydroxyl groups excluding tert-OH is 1. The highest BCUT2D eigenvalue weighted by atomic mass is 16.2. The second-order valence-electron chi connectivity index (χ2n) is 4.91. The third kappa shape index (κ3) is 2.59. The monoisotopic (exact) mass is 271 g/mol. The first kappa shape index (κ1) is 14.3. The lowest BCUT2D eigenvalue weighted by molar-refractivity contribution is -0.122. The van der Waals surface area contributed by atoms with Gasteiger partial charge in [0.1, 0.15) is 0 Å². The molecule has 1 N–H and O–H groups in total. The summed E-state index contributed by atoms with van der Waals surface area (Å²) in [5, 5.41) is 8.70. The van der Waals surface area contributed by atoms with Gasteiger partial charge < -0.3 is 5.11 Å². The minimum absolute atomic E-state index is 0.0187. The molecule has 2 atom stereocenters. The van der Waals surface area contributed by atoms with Crippen molar-refractivity contribution in [3.63, 3.8) is 0 Å². The van der Waals surface area contributed by atoms with Crippen LogP contribution in [0, 0.1) is 23.7 Å². The number of carbonyl (C=O) groups excluding carboxylic acids is 2. The van der Waals surface area contributed by atoms with Crippen LogP contribution in [0.4, 0.5) is 5.69 Å². The lowest BCUT2D eigenvalue weighted by Gasteiger charge is -2.14. The third-order valence-electron chi connectivity index (χ3n) is 3.54. The minimum atomic E-state index is -0.286. The predicted molar refractivity (Wildman–Crippen MR) is 75.8 cm³/mol. The highest BCUT2D eigenvalue weighted by molar-refractivity contribution is 6.21. The van der Waals surface area contributed by atoms with Crippen molar-refractivity contribution in [2.75, 3.05) is 11.5 Å². The molecule has 20 heavy (non-hydrogen) atoms. The van der Waals surface area contributed by atoms with Crippen LogP contribution in [0.15, 0.2) is 24.3 Å². The van der Waals surface area contributed by atoms with Gasteiger partial charge in [0.25, 0.3) is 0 Å². The summed E-state index contributed by atoms with van der Waals surface area (Å²) in [5.41, 5.74) is 1.29. The van der Waals surface area contributed by atoms with Gasteiger partial charge in [0.15, 0.2) is 0 Å². The van der Waals surface area contributed by atoms with Crippen LogP contribution in [0.1, 0.15) is 25.8 Å². The normalized spacial score (nSPS) is 21.9. The molecule has 0 radical (unpaired) electrons. The fourth-order valence-electron chi connectivity index (χ4n) is 2.14. The zero-order chi connectivity index (χ0) is 14.7. The smallest absolute Gasteiger partial charge is 0.237 e. The standard InChI is InChI=1S/C16H17NO3/c1-11-12(2)16(20)17(15(11)19)14-8-5-7-13(10-14)6-3-4-9-18/h5,7-8,10-12,18H,4,9H2,1-2H3. The van der Waals surface area contributed by atoms with Crippen molar-refractivity contribution in [3.8, 4) is 11.8 Å². The molecular weight excluding hydrogens is 254 g/mol. The van der Waals surface area contributed by atoms with Gasteiger partial charge in [0.05, 0.1) is 12.3 Å². The van der Waals surface area contributed by atoms with E-state index in [4.69, 9.17) is 5.11 Å². The Morgan fingerprint density at radius 3 is 2.45 bits per heavy atom. The first-order valence-corrected chi connectivity index (χ1v) is 6.64. The molecule has 1 aliphatic rings. The average Bonchev–Trinajstić information content (AvgIpc) is 2.64. The topological polar surface area (TPSA) is 57.6 Å². The number of anilines is 1. The number of rotatable bonds is 2. The van der Waals surface area contributed by atoms with Crippen molar-refractivity contribution < 1.29 is 14.7 Å². The summed E-state index contributed by atoms with van der Waals surface area (Å²) in [6.45, 7) is 3.57. The molecule has 1 saturated heterocycles. The number of hydrogen-bond donors (Lipinski definition) is 1. The van der Waals surface area contributed by atoms with E-state index in [1.807, 2.05) is 6.07 Å². The summed E-state index contributed by atoms with van der Waals surface area (Å²) in [5.74, 6) is 4.82. The number of aliphatic hydroxyl groups is 1. The van der Waals surface area contributed by atoms with Gasteiger partial charge in [-0.25, -0.2) is 0 Å². The molecule has 0 bridgehead atoms. The van der Waals surface area contributed by atoms with E-state index in [0.717, 1.165) is 5.56 Å². The molecule has 2 amide bonds. The average molecular weight is 271 g/mol. The third-order valence-corrected chi connectivity index (χ3v) is 3.54. The number of benzene rings is 1. The molecule has 0 aromatic heterocycles. The molecule has 1 aromatic rings. The van der Waals surface area contributed by atoms with Crippen molar-refractivity contribution in [3.05, 3.63) is 29.8 Å². The van der Waals surface area contributed by atoms with Gasteiger partial charge in [-0.1, -0.05) is 31.8 Å². The van der Waals surface area contributed by atoms with E-state index in [1.54, 1.807) is 32.0 Å². The number of carbonyl (C=O) groups is 2. The first-order valence-electron chi connectivity index (χ1n) is 6.64. The van der Waals surface area contributed by atoms with Gasteiger partial charge >= 0.3 is 0 Å². The summed E-state index contributed by atoms with van der Waals surface area (Å²) in [4.78, 5) is 25.5. The maximum Gasteiger partial charge on any atom is 0.237 e. The van der Waals surface area contributed by atoms with Gasteiger partial charge in [-0.2, -0.15) is 0 Å². The number of nitrogens with zero attached hydrogens (tertiary/aromatic N) is 1. The van der Waals surface area contributed by atoms with Crippen LogP contribution >= 0.6 is 0 Å². The number of amides is 2. The summed E-state index contributed by atoms with van der Waals surface area (Å²) in [6.07, 6.45) is 0.403. The van der Waals surface area contributed by atoms with Crippen LogP contribution in [0.2, 0.25) is 0 Å². The Morgan fingerprint density at radius 1 is 1.20 bits per heavy atom. The SMILES string of the molecule is CC1C(=O)N(c2cccc(C#CCCO)c2)C(=O)C1C. The van der Waals surface area contributed by atoms with Crippen LogP contribution in [0.3, 0.4) is 0 Å². The minimum Gasteiger partial charge on any atom is -0.395 e. The van der Waals surface area contributed by atoms with E-state index < -0.39 is 0 Å². The number of imide groups is 1. The lowest BCUT2D eigenvalue weighted by atomic mass is 10.00. The van der Waals surface area contributed by atoms with E-state index in [2.05, 4.69) is 11.8 Å². The summed E-state index contributed by atoms with van der Waals surface area (Å²) >= 11 is 0. The molecule has 104 valence electrons. The van der Waals surface area contributed by atoms with Crippen molar-refractivity contribution in [1.82, 2.24) is 0 Å². The highest BCUT2D eigenvalue weighted by Gasteiger charge is 2.42. The Kier molecular flexibility index (Phi) is 4.21. The maximum atomic E-state index is 12.1. The molecule has 0 aliphatic carbocycles. The van der Waals surface area contributed by atoms with Crippen LogP contribution in [0.25, 0.3) is 0 Å². The number of hydrogen-bond acceptors (Lipinski definition) is 3. The van der Waals surface area contributed by atoms with E-state index in [-0.39, 0.29) is 30.3 Å². The summed E-state index contributed by atoms with van der Waals surface area (Å²) in [7, 11) is 0. The largest absolute Gasteiger partial charge is 0.395 e. The van der Waals surface area contributed by atoms with E-state index in [1.165, 1.54) is 4.90 Å². The molecule has 2 unspecified atom stereocenters. The Hall–Kier alpha value is -2.12. The van der Waals surface area contributed by atoms with Crippen LogP contribution in [-0.2, 0) is 9.59 Å². The van der Waals surface area contributed by atoms with Crippen LogP contribution in [-0.4, -0.2) is 23.5 Å². The predicted octanol–water partition coefficient (Wildman–Crippen LogP) is 1.57. The van der Waals surface area contributed by atoms with Gasteiger partial charge in [-0.15, -0.1) is 0 Å². The molecule has 0 saturated carbocycles. The Labute approximate surface area is 118 Å². The Morgan fingerprint density at radius 2 is 1.85 bits per heavy atom. The quantitative estimate of drug-likeness (QED) is 0.656. The van der Waals surface area contributed by atoms with Crippen LogP contribution in [0.5, 0.6) is 0 Å². The van der Waals surface area contributed by atoms with Crippen molar-refractivity contribution in [2.24, 2.45) is 11.8 Å². The van der Waals surface area contributed by atoms with Crippen molar-refractivity contribution in [1.29, 1.82) is 0 Å². The lowest BCUT2D eigenvalue weighted by Crippen LogP contribution is -2.30. The Balaban J connectivity index is 2.30. The molecular formula is C16H17NO3. The maximum absolute atomic E-state index is 12.1. The zero-order valence-corrected chi connectivity index (χ0v) is 11.6. The van der Waals surface area contributed by atoms with E-state index in [0.29, 0.717) is 12.1 Å². The van der Waals surface area contributed by atoms with E-state index in [9.17, 15) is 9.59 Å². The Bertz CT molecular complexity index is 577. The fraction of sp³-hybridized carbons (Fsp3) is 0.375. The van der Waals surface area contributed by atoms with Crippen LogP contribution < -0.4 is 4.90 Å². The second kappa shape index (κ2) is 5.89. The fourth-order valence-corrected chi connectivity index (χ4v) is 2.14. The van der Waals surface area contributed by atoms with Gasteiger partial charge in [0, 0.05) is 23.8 Å². The molecule has 0 spiro atoms. The van der Waals surface area contributed by atoms with Gasteiger partial charge in [-0.05, 0) is 18.2 Å². The molecule has 2 rings (SSSR count). The molecule has 1 heterocycles. The molecule has 1 aromatic carbocycles. The second-order valence-corrected chi connectivity index (χ2v) is 4.91. The highest BCUT2D eigenvalue weighted by Crippen LogP contribution is 2.30. The molecule has 4 nitrogen and oxygen atoms in total. The summed E-state index contributed by atoms with van der Waals surface area (Å²) < 4.78 is 0. The molecule has 4 heteroatoms. The van der Waals surface area contributed by atoms with Crippen molar-refractivity contribution in [2.45, 2.75) is 20.3 Å². The van der Waals surface area contributed by atoms with E-state index >= 15 is 0 Å². The zero-order valence-electron chi connectivity index (χ0n) is 11.6. The van der Waals surface area contributed by atoms with Gasteiger partial charge in [0.2, 0.25) is 11.8 Å². The molecule has 1 aliphatic heterocycles. The first-order chi connectivity index (χ1) is 9.56. The summed E-state index contributed by atoms with van der Waals surface area (Å²) in [6, 6.07) is 7.04. The molecule has 1 fully saturated rings.